The number of nitrogens with one attached hydrogen (secondary N) is 1. The maximum atomic E-state index is 10.7. The van der Waals surface area contributed by atoms with E-state index in [4.69, 9.17) is 5.14 Å². The largest absolute Gasteiger partial charge is 0.314 e. The van der Waals surface area contributed by atoms with E-state index >= 15 is 0 Å². The van der Waals surface area contributed by atoms with Crippen molar-refractivity contribution < 1.29 is 8.42 Å². The number of primary sulfonamides is 1. The molecule has 1 unspecified atom stereocenters. The van der Waals surface area contributed by atoms with Gasteiger partial charge < -0.3 is 5.32 Å². The lowest BCUT2D eigenvalue weighted by atomic mass is 9.92. The minimum absolute atomic E-state index is 0.0795. The van der Waals surface area contributed by atoms with Gasteiger partial charge in [-0.25, -0.2) is 13.6 Å². The molecule has 0 bridgehead atoms. The molecule has 5 heteroatoms. The van der Waals surface area contributed by atoms with Crippen molar-refractivity contribution in [2.24, 2.45) is 10.6 Å². The highest BCUT2D eigenvalue weighted by molar-refractivity contribution is 7.89. The van der Waals surface area contributed by atoms with Gasteiger partial charge in [0, 0.05) is 6.04 Å². The molecule has 0 saturated heterocycles. The molecule has 0 spiro atoms. The Labute approximate surface area is 92.7 Å². The molecule has 0 aromatic heterocycles. The van der Waals surface area contributed by atoms with Crippen LogP contribution in [0.1, 0.15) is 39.5 Å². The van der Waals surface area contributed by atoms with E-state index in [1.807, 2.05) is 0 Å². The van der Waals surface area contributed by atoms with Crippen LogP contribution < -0.4 is 10.5 Å². The molecule has 0 radical (unpaired) electrons. The highest BCUT2D eigenvalue weighted by Gasteiger charge is 2.30. The van der Waals surface area contributed by atoms with Gasteiger partial charge in [-0.1, -0.05) is 13.8 Å². The summed E-state index contributed by atoms with van der Waals surface area (Å²) in [4.78, 5) is 0. The van der Waals surface area contributed by atoms with Crippen LogP contribution in [0.4, 0.5) is 0 Å². The second-order valence-electron chi connectivity index (χ2n) is 5.28. The van der Waals surface area contributed by atoms with Crippen LogP contribution in [0, 0.1) is 5.41 Å². The van der Waals surface area contributed by atoms with E-state index < -0.39 is 10.0 Å². The Hall–Kier alpha value is -0.130. The first-order valence-electron chi connectivity index (χ1n) is 5.52. The molecule has 4 nitrogen and oxygen atoms in total. The van der Waals surface area contributed by atoms with Gasteiger partial charge in [-0.2, -0.15) is 0 Å². The Bertz CT molecular complexity index is 299. The number of sulfonamides is 1. The summed E-state index contributed by atoms with van der Waals surface area (Å²) in [6, 6.07) is 0.556. The van der Waals surface area contributed by atoms with E-state index in [9.17, 15) is 8.42 Å². The topological polar surface area (TPSA) is 72.2 Å². The van der Waals surface area contributed by atoms with Crippen LogP contribution >= 0.6 is 0 Å². The summed E-state index contributed by atoms with van der Waals surface area (Å²) in [7, 11) is -3.28. The average molecular weight is 234 g/mol. The van der Waals surface area contributed by atoms with Gasteiger partial charge in [0.25, 0.3) is 0 Å². The van der Waals surface area contributed by atoms with Gasteiger partial charge >= 0.3 is 0 Å². The first-order chi connectivity index (χ1) is 6.79. The fourth-order valence-electron chi connectivity index (χ4n) is 2.19. The van der Waals surface area contributed by atoms with Crippen LogP contribution in [-0.2, 0) is 10.0 Å². The molecule has 1 atom stereocenters. The van der Waals surface area contributed by atoms with Gasteiger partial charge in [0.1, 0.15) is 0 Å². The zero-order valence-electron chi connectivity index (χ0n) is 9.62. The Morgan fingerprint density at radius 1 is 1.47 bits per heavy atom. The fraction of sp³-hybridized carbons (Fsp3) is 1.00. The quantitative estimate of drug-likeness (QED) is 0.692. The summed E-state index contributed by atoms with van der Waals surface area (Å²) in [5, 5.41) is 8.31. The number of rotatable bonds is 5. The van der Waals surface area contributed by atoms with E-state index in [0.717, 1.165) is 6.54 Å². The molecule has 1 aliphatic carbocycles. The number of nitrogens with two attached hydrogens (primary N) is 1. The zero-order valence-corrected chi connectivity index (χ0v) is 10.4. The molecule has 1 aliphatic rings. The highest BCUT2D eigenvalue weighted by atomic mass is 32.2. The van der Waals surface area contributed by atoms with Gasteiger partial charge in [-0.15, -0.1) is 0 Å². The number of hydrogen-bond acceptors (Lipinski definition) is 3. The first kappa shape index (κ1) is 12.9. The Balaban J connectivity index is 2.12. The number of hydrogen-bond donors (Lipinski definition) is 2. The van der Waals surface area contributed by atoms with Crippen molar-refractivity contribution in [3.05, 3.63) is 0 Å². The predicted molar refractivity (Wildman–Crippen MR) is 62.0 cm³/mol. The fourth-order valence-corrected chi connectivity index (χ4v) is 2.74. The maximum Gasteiger partial charge on any atom is 0.209 e. The van der Waals surface area contributed by atoms with Crippen LogP contribution in [0.15, 0.2) is 0 Å². The lowest BCUT2D eigenvalue weighted by Crippen LogP contribution is -2.30. The van der Waals surface area contributed by atoms with Crippen molar-refractivity contribution in [1.29, 1.82) is 0 Å². The molecule has 0 aromatic carbocycles. The van der Waals surface area contributed by atoms with Gasteiger partial charge in [-0.3, -0.25) is 0 Å². The Kier molecular flexibility index (Phi) is 4.14. The molecule has 0 heterocycles. The molecule has 1 fully saturated rings. The molecule has 90 valence electrons. The standard InChI is InChI=1S/C10H22N2O2S/c1-10(2)5-4-9(8-10)12-6-3-7-15(11,13)14/h9,12H,3-8H2,1-2H3,(H2,11,13,14). The second-order valence-corrected chi connectivity index (χ2v) is 7.01. The SMILES string of the molecule is CC1(C)CCC(NCCCS(N)(=O)=O)C1. The average Bonchev–Trinajstić information content (AvgIpc) is 2.38. The van der Waals surface area contributed by atoms with Crippen LogP contribution in [0.5, 0.6) is 0 Å². The predicted octanol–water partition coefficient (Wildman–Crippen LogP) is 0.833. The van der Waals surface area contributed by atoms with E-state index in [1.54, 1.807) is 0 Å². The highest BCUT2D eigenvalue weighted by Crippen LogP contribution is 2.36. The Morgan fingerprint density at radius 3 is 2.60 bits per heavy atom. The lowest BCUT2D eigenvalue weighted by molar-refractivity contribution is 0.364. The minimum Gasteiger partial charge on any atom is -0.314 e. The summed E-state index contributed by atoms with van der Waals surface area (Å²) in [6.45, 7) is 5.30. The van der Waals surface area contributed by atoms with Crippen molar-refractivity contribution in [3.8, 4) is 0 Å². The molecule has 0 amide bonds. The van der Waals surface area contributed by atoms with Crippen LogP contribution in [0.25, 0.3) is 0 Å². The zero-order chi connectivity index (χ0) is 11.5. The second kappa shape index (κ2) is 4.80. The molecule has 15 heavy (non-hydrogen) atoms. The summed E-state index contributed by atoms with van der Waals surface area (Å²) in [5.74, 6) is 0.0795. The lowest BCUT2D eigenvalue weighted by Gasteiger charge is -2.17. The van der Waals surface area contributed by atoms with E-state index in [2.05, 4.69) is 19.2 Å². The van der Waals surface area contributed by atoms with Crippen LogP contribution in [0.2, 0.25) is 0 Å². The molecule has 0 aromatic rings. The van der Waals surface area contributed by atoms with Crippen molar-refractivity contribution >= 4 is 10.0 Å². The molecule has 1 saturated carbocycles. The third kappa shape index (κ3) is 5.49. The normalized spacial score (nSPS) is 25.7. The van der Waals surface area contributed by atoms with E-state index in [1.165, 1.54) is 19.3 Å². The summed E-state index contributed by atoms with van der Waals surface area (Å²) in [5.41, 5.74) is 0.442. The van der Waals surface area contributed by atoms with Crippen LogP contribution in [-0.4, -0.2) is 26.8 Å². The van der Waals surface area contributed by atoms with Gasteiger partial charge in [0.05, 0.1) is 5.75 Å². The maximum absolute atomic E-state index is 10.7. The van der Waals surface area contributed by atoms with Crippen molar-refractivity contribution in [2.75, 3.05) is 12.3 Å². The van der Waals surface area contributed by atoms with Gasteiger partial charge in [0.15, 0.2) is 0 Å². The van der Waals surface area contributed by atoms with E-state index in [0.29, 0.717) is 17.9 Å². The minimum atomic E-state index is -3.28. The summed E-state index contributed by atoms with van der Waals surface area (Å²) < 4.78 is 21.4. The van der Waals surface area contributed by atoms with Crippen LogP contribution in [0.3, 0.4) is 0 Å². The third-order valence-corrected chi connectivity index (χ3v) is 3.86. The Morgan fingerprint density at radius 2 is 2.13 bits per heavy atom. The molecule has 0 aliphatic heterocycles. The van der Waals surface area contributed by atoms with Crippen molar-refractivity contribution in [1.82, 2.24) is 5.32 Å². The molecular weight excluding hydrogens is 212 g/mol. The summed E-state index contributed by atoms with van der Waals surface area (Å²) >= 11 is 0. The smallest absolute Gasteiger partial charge is 0.209 e. The molecular formula is C10H22N2O2S. The van der Waals surface area contributed by atoms with Crippen molar-refractivity contribution in [2.45, 2.75) is 45.6 Å². The van der Waals surface area contributed by atoms with Gasteiger partial charge in [0.2, 0.25) is 10.0 Å². The van der Waals surface area contributed by atoms with Crippen molar-refractivity contribution in [3.63, 3.8) is 0 Å². The third-order valence-electron chi connectivity index (χ3n) is 3.01. The van der Waals surface area contributed by atoms with E-state index in [-0.39, 0.29) is 5.75 Å². The molecule has 3 N–H and O–H groups in total. The molecule has 1 rings (SSSR count). The monoisotopic (exact) mass is 234 g/mol. The first-order valence-corrected chi connectivity index (χ1v) is 7.24. The van der Waals surface area contributed by atoms with Gasteiger partial charge in [-0.05, 0) is 37.6 Å². The summed E-state index contributed by atoms with van der Waals surface area (Å²) in [6.07, 6.45) is 4.24.